The van der Waals surface area contributed by atoms with Crippen molar-refractivity contribution in [1.82, 2.24) is 5.32 Å². The fourth-order valence-electron chi connectivity index (χ4n) is 1.40. The Balaban J connectivity index is 2.16. The van der Waals surface area contributed by atoms with Gasteiger partial charge in [0.25, 0.3) is 0 Å². The zero-order valence-corrected chi connectivity index (χ0v) is 4.74. The summed E-state index contributed by atoms with van der Waals surface area (Å²) in [5.74, 6) is 0.475. The van der Waals surface area contributed by atoms with Gasteiger partial charge in [-0.15, -0.1) is 0 Å². The molecule has 0 bridgehead atoms. The molecule has 1 spiro atoms. The predicted octanol–water partition coefficient (Wildman–Crippen LogP) is -0.0611. The minimum Gasteiger partial charge on any atom is -0.316 e. The Kier molecular flexibility index (Phi) is 0.637. The van der Waals surface area contributed by atoms with E-state index in [0.29, 0.717) is 5.78 Å². The highest BCUT2D eigenvalue weighted by Crippen LogP contribution is 2.45. The lowest BCUT2D eigenvalue weighted by Crippen LogP contribution is -2.10. The number of carbonyl (C=O) groups is 1. The first kappa shape index (κ1) is 4.50. The van der Waals surface area contributed by atoms with Crippen LogP contribution >= 0.6 is 0 Å². The molecule has 1 atom stereocenters. The van der Waals surface area contributed by atoms with Crippen LogP contribution in [-0.2, 0) is 4.79 Å². The maximum atomic E-state index is 10.7. The fraction of sp³-hybridized carbons (Fsp3) is 0.833. The second kappa shape index (κ2) is 1.13. The summed E-state index contributed by atoms with van der Waals surface area (Å²) in [6.07, 6.45) is 1.94. The van der Waals surface area contributed by atoms with Crippen molar-refractivity contribution in [2.24, 2.45) is 5.41 Å². The predicted molar refractivity (Wildman–Crippen MR) is 29.5 cm³/mol. The third-order valence-corrected chi connectivity index (χ3v) is 2.21. The van der Waals surface area contributed by atoms with Crippen LogP contribution < -0.4 is 5.32 Å². The average Bonchev–Trinajstić information content (AvgIpc) is 2.29. The van der Waals surface area contributed by atoms with Crippen molar-refractivity contribution in [3.8, 4) is 0 Å². The molecule has 1 unspecified atom stereocenters. The summed E-state index contributed by atoms with van der Waals surface area (Å²) in [5, 5.41) is 3.18. The van der Waals surface area contributed by atoms with E-state index < -0.39 is 0 Å². The molecule has 2 heteroatoms. The number of carbonyl (C=O) groups excluding carboxylic acids is 1. The summed E-state index contributed by atoms with van der Waals surface area (Å²) in [4.78, 5) is 10.7. The molecular formula is C6H9NO. The van der Waals surface area contributed by atoms with Gasteiger partial charge in [0.05, 0.1) is 0 Å². The Hall–Kier alpha value is -0.370. The van der Waals surface area contributed by atoms with Crippen molar-refractivity contribution in [3.05, 3.63) is 0 Å². The molecular weight excluding hydrogens is 102 g/mol. The maximum absolute atomic E-state index is 10.7. The molecule has 0 aromatic carbocycles. The van der Waals surface area contributed by atoms with Crippen LogP contribution in [-0.4, -0.2) is 18.9 Å². The molecule has 2 fully saturated rings. The van der Waals surface area contributed by atoms with Crippen molar-refractivity contribution >= 4 is 5.78 Å². The van der Waals surface area contributed by atoms with Gasteiger partial charge >= 0.3 is 0 Å². The van der Waals surface area contributed by atoms with Crippen LogP contribution in [0.1, 0.15) is 12.8 Å². The van der Waals surface area contributed by atoms with Gasteiger partial charge in [-0.3, -0.25) is 4.79 Å². The lowest BCUT2D eigenvalue weighted by atomic mass is 10.1. The van der Waals surface area contributed by atoms with Gasteiger partial charge in [-0.2, -0.15) is 0 Å². The minimum absolute atomic E-state index is 0.153. The molecule has 2 aliphatic rings. The second-order valence-electron chi connectivity index (χ2n) is 2.81. The lowest BCUT2D eigenvalue weighted by Gasteiger charge is -1.93. The van der Waals surface area contributed by atoms with Gasteiger partial charge in [-0.25, -0.2) is 0 Å². The highest BCUT2D eigenvalue weighted by Gasteiger charge is 2.54. The first-order valence-electron chi connectivity index (χ1n) is 3.08. The molecule has 1 aliphatic heterocycles. The third-order valence-electron chi connectivity index (χ3n) is 2.21. The Labute approximate surface area is 48.3 Å². The molecule has 0 amide bonds. The van der Waals surface area contributed by atoms with E-state index in [-0.39, 0.29) is 5.41 Å². The van der Waals surface area contributed by atoms with Gasteiger partial charge in [0.15, 0.2) is 0 Å². The van der Waals surface area contributed by atoms with Crippen LogP contribution in [0.3, 0.4) is 0 Å². The Morgan fingerprint density at radius 3 is 2.62 bits per heavy atom. The monoisotopic (exact) mass is 111 g/mol. The van der Waals surface area contributed by atoms with E-state index in [1.54, 1.807) is 0 Å². The molecule has 1 heterocycles. The summed E-state index contributed by atoms with van der Waals surface area (Å²) in [6.45, 7) is 2.00. The van der Waals surface area contributed by atoms with Crippen LogP contribution in [0, 0.1) is 5.41 Å². The third kappa shape index (κ3) is 0.388. The Morgan fingerprint density at radius 2 is 2.38 bits per heavy atom. The van der Waals surface area contributed by atoms with E-state index in [1.807, 2.05) is 0 Å². The number of ketones is 1. The topological polar surface area (TPSA) is 29.1 Å². The number of nitrogens with one attached hydrogen (secondary N) is 1. The molecule has 1 saturated carbocycles. The number of Topliss-reactive ketones (excluding diaryl/α,β-unsaturated/α-hetero) is 1. The van der Waals surface area contributed by atoms with Gasteiger partial charge < -0.3 is 5.32 Å². The second-order valence-corrected chi connectivity index (χ2v) is 2.81. The van der Waals surface area contributed by atoms with Crippen LogP contribution in [0.25, 0.3) is 0 Å². The van der Waals surface area contributed by atoms with E-state index in [4.69, 9.17) is 0 Å². The first-order chi connectivity index (χ1) is 3.83. The first-order valence-corrected chi connectivity index (χ1v) is 3.08. The highest BCUT2D eigenvalue weighted by molar-refractivity contribution is 6.01. The molecule has 1 saturated heterocycles. The van der Waals surface area contributed by atoms with E-state index in [0.717, 1.165) is 25.9 Å². The van der Waals surface area contributed by atoms with Crippen LogP contribution in [0.5, 0.6) is 0 Å². The molecule has 44 valence electrons. The lowest BCUT2D eigenvalue weighted by molar-refractivity contribution is -0.112. The number of hydrogen-bond donors (Lipinski definition) is 1. The molecule has 0 aromatic heterocycles. The maximum Gasteiger partial charge on any atom is 0.141 e. The Bertz CT molecular complexity index is 135. The highest BCUT2D eigenvalue weighted by atomic mass is 16.1. The summed E-state index contributed by atoms with van der Waals surface area (Å²) < 4.78 is 0. The SMILES string of the molecule is O=C1CC12CCNC2. The standard InChI is InChI=1S/C6H9NO/c8-5-3-6(5)1-2-7-4-6/h7H,1-4H2. The van der Waals surface area contributed by atoms with Crippen molar-refractivity contribution in [2.75, 3.05) is 13.1 Å². The van der Waals surface area contributed by atoms with Crippen molar-refractivity contribution in [2.45, 2.75) is 12.8 Å². The molecule has 1 aliphatic carbocycles. The van der Waals surface area contributed by atoms with E-state index in [1.165, 1.54) is 0 Å². The zero-order valence-electron chi connectivity index (χ0n) is 4.74. The summed E-state index contributed by atoms with van der Waals surface area (Å²) >= 11 is 0. The Morgan fingerprint density at radius 1 is 1.62 bits per heavy atom. The van der Waals surface area contributed by atoms with Gasteiger partial charge in [-0.05, 0) is 13.0 Å². The van der Waals surface area contributed by atoms with E-state index in [9.17, 15) is 4.79 Å². The summed E-state index contributed by atoms with van der Waals surface area (Å²) in [6, 6.07) is 0. The van der Waals surface area contributed by atoms with Gasteiger partial charge in [0, 0.05) is 18.4 Å². The number of rotatable bonds is 0. The molecule has 0 aromatic rings. The molecule has 2 rings (SSSR count). The minimum atomic E-state index is 0.153. The van der Waals surface area contributed by atoms with Crippen molar-refractivity contribution < 1.29 is 4.79 Å². The molecule has 0 radical (unpaired) electrons. The van der Waals surface area contributed by atoms with E-state index >= 15 is 0 Å². The largest absolute Gasteiger partial charge is 0.316 e. The quantitative estimate of drug-likeness (QED) is 0.474. The molecule has 1 N–H and O–H groups in total. The van der Waals surface area contributed by atoms with E-state index in [2.05, 4.69) is 5.32 Å². The fourth-order valence-corrected chi connectivity index (χ4v) is 1.40. The average molecular weight is 111 g/mol. The van der Waals surface area contributed by atoms with Crippen molar-refractivity contribution in [1.29, 1.82) is 0 Å². The summed E-state index contributed by atoms with van der Waals surface area (Å²) in [5.41, 5.74) is 0.153. The van der Waals surface area contributed by atoms with Crippen LogP contribution in [0.4, 0.5) is 0 Å². The molecule has 2 nitrogen and oxygen atoms in total. The van der Waals surface area contributed by atoms with Crippen molar-refractivity contribution in [3.63, 3.8) is 0 Å². The van der Waals surface area contributed by atoms with Crippen LogP contribution in [0.15, 0.2) is 0 Å². The number of hydrogen-bond acceptors (Lipinski definition) is 2. The smallest absolute Gasteiger partial charge is 0.141 e. The van der Waals surface area contributed by atoms with Gasteiger partial charge in [0.2, 0.25) is 0 Å². The van der Waals surface area contributed by atoms with Gasteiger partial charge in [-0.1, -0.05) is 0 Å². The normalized spacial score (nSPS) is 43.8. The summed E-state index contributed by atoms with van der Waals surface area (Å²) in [7, 11) is 0. The van der Waals surface area contributed by atoms with Crippen LogP contribution in [0.2, 0.25) is 0 Å². The van der Waals surface area contributed by atoms with Gasteiger partial charge in [0.1, 0.15) is 5.78 Å². The molecule has 8 heavy (non-hydrogen) atoms. The zero-order chi connectivity index (χ0) is 5.61.